The van der Waals surface area contributed by atoms with Gasteiger partial charge in [-0.25, -0.2) is 4.98 Å². The van der Waals surface area contributed by atoms with Crippen LogP contribution in [0.25, 0.3) is 10.2 Å². The van der Waals surface area contributed by atoms with Crippen molar-refractivity contribution in [2.24, 2.45) is 13.0 Å². The smallest absolute Gasteiger partial charge is 0.262 e. The van der Waals surface area contributed by atoms with Crippen molar-refractivity contribution in [1.29, 1.82) is 0 Å². The van der Waals surface area contributed by atoms with Crippen LogP contribution in [-0.4, -0.2) is 34.4 Å². The van der Waals surface area contributed by atoms with E-state index in [0.29, 0.717) is 18.4 Å². The predicted octanol–water partition coefficient (Wildman–Crippen LogP) is 4.25. The van der Waals surface area contributed by atoms with Crippen LogP contribution in [0.15, 0.2) is 28.2 Å². The van der Waals surface area contributed by atoms with Crippen molar-refractivity contribution in [2.45, 2.75) is 50.7 Å². The average molecular weight is 500 g/mol. The highest BCUT2D eigenvalue weighted by atomic mass is 32.2. The summed E-state index contributed by atoms with van der Waals surface area (Å²) in [7, 11) is 1.74. The highest BCUT2D eigenvalue weighted by Gasteiger charge is 2.24. The van der Waals surface area contributed by atoms with Gasteiger partial charge in [-0.05, 0) is 48.4 Å². The molecule has 180 valence electrons. The SMILES string of the molecule is CC(C)C(NC(=O)CSc1nc2sc3c(c2c(=O)n1C)CCC3)c1ccc2c(c1)OCCCO2. The van der Waals surface area contributed by atoms with Crippen molar-refractivity contribution in [1.82, 2.24) is 14.9 Å². The summed E-state index contributed by atoms with van der Waals surface area (Å²) in [6.45, 7) is 5.42. The number of hydrogen-bond acceptors (Lipinski definition) is 7. The summed E-state index contributed by atoms with van der Waals surface area (Å²) in [5.74, 6) is 1.74. The topological polar surface area (TPSA) is 82.5 Å². The summed E-state index contributed by atoms with van der Waals surface area (Å²) >= 11 is 2.92. The number of amides is 1. The first kappa shape index (κ1) is 23.2. The monoisotopic (exact) mass is 499 g/mol. The van der Waals surface area contributed by atoms with Gasteiger partial charge in [0.2, 0.25) is 5.91 Å². The van der Waals surface area contributed by atoms with Crippen LogP contribution >= 0.6 is 23.1 Å². The Bertz CT molecular complexity index is 1300. The average Bonchev–Trinajstić information content (AvgIpc) is 3.31. The Morgan fingerprint density at radius 3 is 2.79 bits per heavy atom. The van der Waals surface area contributed by atoms with Crippen LogP contribution in [0.1, 0.15) is 48.7 Å². The molecule has 34 heavy (non-hydrogen) atoms. The molecule has 0 bridgehead atoms. The maximum absolute atomic E-state index is 13.0. The number of fused-ring (bicyclic) bond motifs is 4. The molecule has 7 nitrogen and oxygen atoms in total. The fourth-order valence-corrected chi connectivity index (χ4v) is 6.67. The molecule has 0 fully saturated rings. The van der Waals surface area contributed by atoms with E-state index >= 15 is 0 Å². The van der Waals surface area contributed by atoms with E-state index in [1.165, 1.54) is 22.2 Å². The van der Waals surface area contributed by atoms with E-state index in [4.69, 9.17) is 14.5 Å². The van der Waals surface area contributed by atoms with Crippen molar-refractivity contribution in [3.63, 3.8) is 0 Å². The molecule has 5 rings (SSSR count). The van der Waals surface area contributed by atoms with Gasteiger partial charge in [0.05, 0.1) is 30.4 Å². The van der Waals surface area contributed by atoms with Gasteiger partial charge in [0, 0.05) is 18.3 Å². The Balaban J connectivity index is 1.30. The standard InChI is InChI=1S/C25H29N3O4S2/c1-14(2)22(15-8-9-17-18(12-15)32-11-5-10-31-17)26-20(29)13-33-25-27-23-21(24(30)28(25)3)16-6-4-7-19(16)34-23/h8-9,12,14,22H,4-7,10-11,13H2,1-3H3,(H,26,29). The number of benzene rings is 1. The number of nitrogens with one attached hydrogen (secondary N) is 1. The van der Waals surface area contributed by atoms with Gasteiger partial charge < -0.3 is 14.8 Å². The molecule has 1 atom stereocenters. The predicted molar refractivity (Wildman–Crippen MR) is 135 cm³/mol. The third kappa shape index (κ3) is 4.43. The quantitative estimate of drug-likeness (QED) is 0.403. The fourth-order valence-electron chi connectivity index (χ4n) is 4.59. The van der Waals surface area contributed by atoms with Crippen LogP contribution in [0.5, 0.6) is 11.5 Å². The summed E-state index contributed by atoms with van der Waals surface area (Å²) < 4.78 is 13.1. The minimum absolute atomic E-state index is 0.0143. The number of nitrogens with zero attached hydrogens (tertiary/aromatic N) is 2. The molecule has 1 amide bonds. The van der Waals surface area contributed by atoms with Crippen molar-refractivity contribution in [3.8, 4) is 11.5 Å². The number of rotatable bonds is 6. The number of carbonyl (C=O) groups excluding carboxylic acids is 1. The summed E-state index contributed by atoms with van der Waals surface area (Å²) in [6.07, 6.45) is 3.94. The Morgan fingerprint density at radius 2 is 2.00 bits per heavy atom. The third-order valence-electron chi connectivity index (χ3n) is 6.35. The summed E-state index contributed by atoms with van der Waals surface area (Å²) in [6, 6.07) is 5.71. The second-order valence-electron chi connectivity index (χ2n) is 9.13. The molecule has 0 saturated carbocycles. The zero-order valence-corrected chi connectivity index (χ0v) is 21.3. The number of thiophene rings is 1. The largest absolute Gasteiger partial charge is 0.490 e. The lowest BCUT2D eigenvalue weighted by atomic mass is 9.95. The van der Waals surface area contributed by atoms with Gasteiger partial charge in [0.25, 0.3) is 5.56 Å². The number of ether oxygens (including phenoxy) is 2. The van der Waals surface area contributed by atoms with Crippen LogP contribution in [0, 0.1) is 5.92 Å². The van der Waals surface area contributed by atoms with Crippen molar-refractivity contribution >= 4 is 39.2 Å². The van der Waals surface area contributed by atoms with Crippen LogP contribution in [0.3, 0.4) is 0 Å². The normalized spacial score (nSPS) is 15.9. The zero-order chi connectivity index (χ0) is 23.8. The van der Waals surface area contributed by atoms with E-state index in [1.807, 2.05) is 18.2 Å². The Morgan fingerprint density at radius 1 is 1.21 bits per heavy atom. The highest BCUT2D eigenvalue weighted by molar-refractivity contribution is 7.99. The van der Waals surface area contributed by atoms with Crippen LogP contribution in [-0.2, 0) is 24.7 Å². The first-order chi connectivity index (χ1) is 16.4. The first-order valence-corrected chi connectivity index (χ1v) is 13.6. The second kappa shape index (κ2) is 9.62. The minimum Gasteiger partial charge on any atom is -0.490 e. The molecule has 2 aromatic heterocycles. The number of aryl methyl sites for hydroxylation is 2. The van der Waals surface area contributed by atoms with Gasteiger partial charge in [-0.15, -0.1) is 11.3 Å². The number of carbonyl (C=O) groups is 1. The van der Waals surface area contributed by atoms with Gasteiger partial charge >= 0.3 is 0 Å². The van der Waals surface area contributed by atoms with Crippen LogP contribution in [0.2, 0.25) is 0 Å². The Hall–Kier alpha value is -2.52. The summed E-state index contributed by atoms with van der Waals surface area (Å²) in [4.78, 5) is 32.7. The van der Waals surface area contributed by atoms with Gasteiger partial charge in [0.1, 0.15) is 4.83 Å². The molecule has 0 saturated heterocycles. The summed E-state index contributed by atoms with van der Waals surface area (Å²) in [5.41, 5.74) is 2.15. The zero-order valence-electron chi connectivity index (χ0n) is 19.7. The van der Waals surface area contributed by atoms with E-state index in [2.05, 4.69) is 19.2 Å². The molecule has 1 aliphatic carbocycles. The number of aromatic nitrogens is 2. The highest BCUT2D eigenvalue weighted by Crippen LogP contribution is 2.36. The molecule has 3 aromatic rings. The van der Waals surface area contributed by atoms with E-state index in [0.717, 1.165) is 53.0 Å². The van der Waals surface area contributed by atoms with E-state index in [1.54, 1.807) is 23.0 Å². The Labute approximate surface area is 206 Å². The van der Waals surface area contributed by atoms with E-state index in [-0.39, 0.29) is 29.2 Å². The summed E-state index contributed by atoms with van der Waals surface area (Å²) in [5, 5.41) is 4.50. The first-order valence-electron chi connectivity index (χ1n) is 11.8. The van der Waals surface area contributed by atoms with Gasteiger partial charge in [-0.2, -0.15) is 0 Å². The molecule has 1 unspecified atom stereocenters. The lowest BCUT2D eigenvalue weighted by Crippen LogP contribution is -2.33. The molecular weight excluding hydrogens is 470 g/mol. The number of thioether (sulfide) groups is 1. The maximum Gasteiger partial charge on any atom is 0.262 e. The van der Waals surface area contributed by atoms with Crippen molar-refractivity contribution in [2.75, 3.05) is 19.0 Å². The van der Waals surface area contributed by atoms with Crippen molar-refractivity contribution in [3.05, 3.63) is 44.6 Å². The fraction of sp³-hybridized carbons (Fsp3) is 0.480. The molecular formula is C25H29N3O4S2. The molecule has 1 N–H and O–H groups in total. The molecule has 1 aromatic carbocycles. The second-order valence-corrected chi connectivity index (χ2v) is 11.2. The third-order valence-corrected chi connectivity index (χ3v) is 8.57. The molecule has 2 aliphatic rings. The van der Waals surface area contributed by atoms with E-state index < -0.39 is 0 Å². The van der Waals surface area contributed by atoms with Gasteiger partial charge in [-0.3, -0.25) is 14.2 Å². The molecule has 9 heteroatoms. The molecule has 0 spiro atoms. The number of hydrogen-bond donors (Lipinski definition) is 1. The van der Waals surface area contributed by atoms with E-state index in [9.17, 15) is 9.59 Å². The van der Waals surface area contributed by atoms with Gasteiger partial charge in [-0.1, -0.05) is 31.7 Å². The Kier molecular flexibility index (Phi) is 6.57. The lowest BCUT2D eigenvalue weighted by Gasteiger charge is -2.24. The van der Waals surface area contributed by atoms with Crippen LogP contribution in [0.4, 0.5) is 0 Å². The maximum atomic E-state index is 13.0. The molecule has 1 aliphatic heterocycles. The lowest BCUT2D eigenvalue weighted by molar-refractivity contribution is -0.119. The molecule has 0 radical (unpaired) electrons. The van der Waals surface area contributed by atoms with Gasteiger partial charge in [0.15, 0.2) is 16.7 Å². The minimum atomic E-state index is -0.162. The molecule has 3 heterocycles. The van der Waals surface area contributed by atoms with Crippen molar-refractivity contribution < 1.29 is 14.3 Å². The van der Waals surface area contributed by atoms with Crippen LogP contribution < -0.4 is 20.3 Å².